The van der Waals surface area contributed by atoms with Crippen molar-refractivity contribution in [1.29, 1.82) is 0 Å². The molecule has 1 saturated heterocycles. The molecule has 0 spiro atoms. The van der Waals surface area contributed by atoms with Gasteiger partial charge in [0.25, 0.3) is 5.91 Å². The smallest absolute Gasteiger partial charge is 0.253 e. The molecule has 5 nitrogen and oxygen atoms in total. The second-order valence-corrected chi connectivity index (χ2v) is 4.90. The molecular weight excluding hydrogens is 256 g/mol. The number of nitrogen functional groups attached to an aromatic ring is 1. The van der Waals surface area contributed by atoms with Crippen LogP contribution in [-0.4, -0.2) is 43.7 Å². The van der Waals surface area contributed by atoms with E-state index < -0.39 is 0 Å². The molecule has 2 N–H and O–H groups in total. The molecule has 0 bridgehead atoms. The molecule has 1 heterocycles. The molecule has 1 aromatic rings. The van der Waals surface area contributed by atoms with E-state index in [-0.39, 0.29) is 12.0 Å². The SMILES string of the molecule is CCOC1CCN(C(=O)c2ccc(N)c(OC)c2)CC1. The number of anilines is 1. The average molecular weight is 278 g/mol. The normalized spacial score (nSPS) is 16.2. The molecule has 1 aliphatic rings. The minimum absolute atomic E-state index is 0.0262. The van der Waals surface area contributed by atoms with Crippen molar-refractivity contribution >= 4 is 11.6 Å². The van der Waals surface area contributed by atoms with Crippen molar-refractivity contribution in [2.24, 2.45) is 0 Å². The van der Waals surface area contributed by atoms with Crippen LogP contribution in [0.15, 0.2) is 18.2 Å². The van der Waals surface area contributed by atoms with Gasteiger partial charge in [-0.05, 0) is 38.0 Å². The van der Waals surface area contributed by atoms with E-state index in [1.807, 2.05) is 11.8 Å². The quantitative estimate of drug-likeness (QED) is 0.855. The lowest BCUT2D eigenvalue weighted by Crippen LogP contribution is -2.40. The van der Waals surface area contributed by atoms with Crippen LogP contribution >= 0.6 is 0 Å². The number of benzene rings is 1. The van der Waals surface area contributed by atoms with Crippen molar-refractivity contribution in [3.05, 3.63) is 23.8 Å². The predicted octanol–water partition coefficient (Wildman–Crippen LogP) is 1.92. The molecule has 2 rings (SSSR count). The van der Waals surface area contributed by atoms with Crippen molar-refractivity contribution < 1.29 is 14.3 Å². The molecule has 1 amide bonds. The third-order valence-electron chi connectivity index (χ3n) is 3.61. The molecule has 1 fully saturated rings. The number of nitrogens with zero attached hydrogens (tertiary/aromatic N) is 1. The van der Waals surface area contributed by atoms with E-state index >= 15 is 0 Å². The largest absolute Gasteiger partial charge is 0.495 e. The van der Waals surface area contributed by atoms with E-state index in [0.29, 0.717) is 17.0 Å². The highest BCUT2D eigenvalue weighted by Gasteiger charge is 2.24. The van der Waals surface area contributed by atoms with Crippen LogP contribution in [0.1, 0.15) is 30.1 Å². The molecule has 0 aliphatic carbocycles. The van der Waals surface area contributed by atoms with Gasteiger partial charge in [0.05, 0.1) is 18.9 Å². The summed E-state index contributed by atoms with van der Waals surface area (Å²) >= 11 is 0. The molecule has 0 atom stereocenters. The number of piperidine rings is 1. The summed E-state index contributed by atoms with van der Waals surface area (Å²) in [5.41, 5.74) is 6.92. The van der Waals surface area contributed by atoms with Gasteiger partial charge < -0.3 is 20.1 Å². The zero-order chi connectivity index (χ0) is 14.5. The minimum Gasteiger partial charge on any atom is -0.495 e. The van der Waals surface area contributed by atoms with E-state index in [4.69, 9.17) is 15.2 Å². The number of hydrogen-bond donors (Lipinski definition) is 1. The summed E-state index contributed by atoms with van der Waals surface area (Å²) in [5, 5.41) is 0. The van der Waals surface area contributed by atoms with Gasteiger partial charge in [0, 0.05) is 25.3 Å². The first-order chi connectivity index (χ1) is 9.65. The molecule has 5 heteroatoms. The van der Waals surface area contributed by atoms with Gasteiger partial charge in [0.1, 0.15) is 5.75 Å². The Labute approximate surface area is 119 Å². The zero-order valence-electron chi connectivity index (χ0n) is 12.1. The van der Waals surface area contributed by atoms with Gasteiger partial charge in [-0.3, -0.25) is 4.79 Å². The lowest BCUT2D eigenvalue weighted by Gasteiger charge is -2.31. The molecule has 0 unspecified atom stereocenters. The van der Waals surface area contributed by atoms with Crippen LogP contribution in [0.3, 0.4) is 0 Å². The summed E-state index contributed by atoms with van der Waals surface area (Å²) in [4.78, 5) is 14.3. The number of likely N-dealkylation sites (tertiary alicyclic amines) is 1. The van der Waals surface area contributed by atoms with E-state index in [2.05, 4.69) is 0 Å². The van der Waals surface area contributed by atoms with Gasteiger partial charge in [0.2, 0.25) is 0 Å². The minimum atomic E-state index is 0.0262. The molecule has 0 saturated carbocycles. The second-order valence-electron chi connectivity index (χ2n) is 4.90. The fourth-order valence-electron chi connectivity index (χ4n) is 2.49. The fourth-order valence-corrected chi connectivity index (χ4v) is 2.49. The van der Waals surface area contributed by atoms with Gasteiger partial charge in [-0.15, -0.1) is 0 Å². The van der Waals surface area contributed by atoms with Gasteiger partial charge >= 0.3 is 0 Å². The summed E-state index contributed by atoms with van der Waals surface area (Å²) in [6.45, 7) is 4.19. The van der Waals surface area contributed by atoms with Crippen LogP contribution < -0.4 is 10.5 Å². The van der Waals surface area contributed by atoms with Crippen LogP contribution in [0, 0.1) is 0 Å². The molecule has 20 heavy (non-hydrogen) atoms. The Bertz CT molecular complexity index is 468. The second kappa shape index (κ2) is 6.61. The first kappa shape index (κ1) is 14.7. The predicted molar refractivity (Wildman–Crippen MR) is 78.0 cm³/mol. The molecule has 110 valence electrons. The van der Waals surface area contributed by atoms with Crippen molar-refractivity contribution in [1.82, 2.24) is 4.90 Å². The molecule has 1 aliphatic heterocycles. The Kier molecular flexibility index (Phi) is 4.84. The van der Waals surface area contributed by atoms with Gasteiger partial charge in [0.15, 0.2) is 0 Å². The number of amides is 1. The van der Waals surface area contributed by atoms with Crippen molar-refractivity contribution in [3.63, 3.8) is 0 Å². The van der Waals surface area contributed by atoms with Gasteiger partial charge in [-0.2, -0.15) is 0 Å². The molecule has 0 aromatic heterocycles. The van der Waals surface area contributed by atoms with Crippen LogP contribution in [0.5, 0.6) is 5.75 Å². The van der Waals surface area contributed by atoms with Crippen molar-refractivity contribution in [3.8, 4) is 5.75 Å². The lowest BCUT2D eigenvalue weighted by atomic mass is 10.1. The van der Waals surface area contributed by atoms with Crippen LogP contribution in [0.2, 0.25) is 0 Å². The maximum absolute atomic E-state index is 12.4. The first-order valence-corrected chi connectivity index (χ1v) is 7.00. The average Bonchev–Trinajstić information content (AvgIpc) is 2.48. The third-order valence-corrected chi connectivity index (χ3v) is 3.61. The number of methoxy groups -OCH3 is 1. The summed E-state index contributed by atoms with van der Waals surface area (Å²) < 4.78 is 10.8. The summed E-state index contributed by atoms with van der Waals surface area (Å²) in [5.74, 6) is 0.568. The zero-order valence-corrected chi connectivity index (χ0v) is 12.1. The van der Waals surface area contributed by atoms with E-state index in [1.165, 1.54) is 0 Å². The maximum atomic E-state index is 12.4. The van der Waals surface area contributed by atoms with Crippen LogP contribution in [0.25, 0.3) is 0 Å². The molecule has 0 radical (unpaired) electrons. The molecule has 1 aromatic carbocycles. The van der Waals surface area contributed by atoms with Crippen LogP contribution in [0.4, 0.5) is 5.69 Å². The standard InChI is InChI=1S/C15H22N2O3/c1-3-20-12-6-8-17(9-7-12)15(18)11-4-5-13(16)14(10-11)19-2/h4-5,10,12H,3,6-9,16H2,1-2H3. The number of carbonyl (C=O) groups excluding carboxylic acids is 1. The van der Waals surface area contributed by atoms with Crippen molar-refractivity contribution in [2.75, 3.05) is 32.5 Å². The van der Waals surface area contributed by atoms with E-state index in [0.717, 1.165) is 32.5 Å². The van der Waals surface area contributed by atoms with E-state index in [1.54, 1.807) is 25.3 Å². The number of carbonyl (C=O) groups is 1. The highest BCUT2D eigenvalue weighted by Crippen LogP contribution is 2.24. The molecular formula is C15H22N2O3. The Hall–Kier alpha value is -1.75. The summed E-state index contributed by atoms with van der Waals surface area (Å²) in [6, 6.07) is 5.15. The maximum Gasteiger partial charge on any atom is 0.253 e. The van der Waals surface area contributed by atoms with Gasteiger partial charge in [-0.25, -0.2) is 0 Å². The monoisotopic (exact) mass is 278 g/mol. The van der Waals surface area contributed by atoms with E-state index in [9.17, 15) is 4.79 Å². The topological polar surface area (TPSA) is 64.8 Å². The fraction of sp³-hybridized carbons (Fsp3) is 0.533. The highest BCUT2D eigenvalue weighted by atomic mass is 16.5. The number of ether oxygens (including phenoxy) is 2. The number of nitrogens with two attached hydrogens (primary N) is 1. The third kappa shape index (κ3) is 3.22. The first-order valence-electron chi connectivity index (χ1n) is 7.00. The number of rotatable bonds is 4. The summed E-state index contributed by atoms with van der Waals surface area (Å²) in [6.07, 6.45) is 2.07. The Morgan fingerprint density at radius 2 is 2.10 bits per heavy atom. The number of hydrogen-bond acceptors (Lipinski definition) is 4. The Morgan fingerprint density at radius 3 is 2.70 bits per heavy atom. The Balaban J connectivity index is 2.02. The summed E-state index contributed by atoms with van der Waals surface area (Å²) in [7, 11) is 1.55. The lowest BCUT2D eigenvalue weighted by molar-refractivity contribution is 0.0146. The highest BCUT2D eigenvalue weighted by molar-refractivity contribution is 5.95. The Morgan fingerprint density at radius 1 is 1.40 bits per heavy atom. The van der Waals surface area contributed by atoms with Gasteiger partial charge in [-0.1, -0.05) is 0 Å². The van der Waals surface area contributed by atoms with Crippen molar-refractivity contribution in [2.45, 2.75) is 25.9 Å². The van der Waals surface area contributed by atoms with Crippen LogP contribution in [-0.2, 0) is 4.74 Å².